The molecule has 0 radical (unpaired) electrons. The number of rotatable bonds is 2. The van der Waals surface area contributed by atoms with E-state index in [0.717, 1.165) is 36.6 Å². The minimum absolute atomic E-state index is 0.0428. The van der Waals surface area contributed by atoms with Crippen molar-refractivity contribution in [2.24, 2.45) is 0 Å². The van der Waals surface area contributed by atoms with Gasteiger partial charge in [-0.25, -0.2) is 0 Å². The molecule has 0 spiro atoms. The van der Waals surface area contributed by atoms with Gasteiger partial charge in [0.25, 0.3) is 5.89 Å². The Kier molecular flexibility index (Phi) is 3.12. The number of nitrogens with zero attached hydrogens (tertiary/aromatic N) is 2. The van der Waals surface area contributed by atoms with Crippen LogP contribution in [0, 0.1) is 0 Å². The quantitative estimate of drug-likeness (QED) is 0.916. The van der Waals surface area contributed by atoms with Crippen LogP contribution in [0.2, 0.25) is 0 Å². The van der Waals surface area contributed by atoms with Gasteiger partial charge in [-0.2, -0.15) is 16.7 Å². The molecule has 20 heavy (non-hydrogen) atoms. The molecule has 1 aromatic heterocycles. The van der Waals surface area contributed by atoms with Crippen molar-refractivity contribution in [3.8, 4) is 11.5 Å². The van der Waals surface area contributed by atoms with E-state index in [1.54, 1.807) is 0 Å². The first-order valence-corrected chi connectivity index (χ1v) is 7.96. The maximum Gasteiger partial charge on any atom is 0.258 e. The summed E-state index contributed by atoms with van der Waals surface area (Å²) in [6, 6.07) is 6.25. The topological polar surface area (TPSA) is 60.2 Å². The molecule has 1 unspecified atom stereocenters. The molecule has 6 heteroatoms. The lowest BCUT2D eigenvalue weighted by atomic mass is 10.1. The SMILES string of the molecule is c1cc2c(cc1-c1nc(C3CSCCO3)no1)NCC2. The number of fused-ring (bicyclic) bond motifs is 1. The van der Waals surface area contributed by atoms with Crippen molar-refractivity contribution in [2.75, 3.05) is 30.0 Å². The number of ether oxygens (including phenoxy) is 1. The van der Waals surface area contributed by atoms with Crippen LogP contribution in [0.15, 0.2) is 22.7 Å². The van der Waals surface area contributed by atoms with Gasteiger partial charge in [-0.15, -0.1) is 0 Å². The van der Waals surface area contributed by atoms with Gasteiger partial charge in [-0.05, 0) is 24.1 Å². The van der Waals surface area contributed by atoms with Crippen LogP contribution in [0.1, 0.15) is 17.5 Å². The van der Waals surface area contributed by atoms with E-state index in [9.17, 15) is 0 Å². The number of thioether (sulfide) groups is 1. The van der Waals surface area contributed by atoms with Crippen molar-refractivity contribution in [2.45, 2.75) is 12.5 Å². The molecule has 4 rings (SSSR count). The van der Waals surface area contributed by atoms with Crippen LogP contribution >= 0.6 is 11.8 Å². The molecule has 2 aliphatic heterocycles. The fourth-order valence-electron chi connectivity index (χ4n) is 2.54. The van der Waals surface area contributed by atoms with Crippen LogP contribution in [0.4, 0.5) is 5.69 Å². The van der Waals surface area contributed by atoms with Crippen LogP contribution in [-0.2, 0) is 11.2 Å². The van der Waals surface area contributed by atoms with Crippen LogP contribution < -0.4 is 5.32 Å². The third-order valence-electron chi connectivity index (χ3n) is 3.61. The minimum atomic E-state index is -0.0428. The van der Waals surface area contributed by atoms with Crippen molar-refractivity contribution < 1.29 is 9.26 Å². The second-order valence-electron chi connectivity index (χ2n) is 4.94. The van der Waals surface area contributed by atoms with E-state index >= 15 is 0 Å². The Morgan fingerprint density at radius 3 is 3.25 bits per heavy atom. The minimum Gasteiger partial charge on any atom is -0.384 e. The predicted molar refractivity (Wildman–Crippen MR) is 77.9 cm³/mol. The molecule has 2 aliphatic rings. The molecule has 104 valence electrons. The summed E-state index contributed by atoms with van der Waals surface area (Å²) in [6.45, 7) is 1.75. The van der Waals surface area contributed by atoms with Gasteiger partial charge in [-0.1, -0.05) is 11.2 Å². The molecular weight excluding hydrogens is 274 g/mol. The third-order valence-corrected chi connectivity index (χ3v) is 4.61. The number of hydrogen-bond donors (Lipinski definition) is 1. The number of aromatic nitrogens is 2. The largest absolute Gasteiger partial charge is 0.384 e. The Labute approximate surface area is 121 Å². The molecule has 1 fully saturated rings. The molecule has 0 bridgehead atoms. The van der Waals surface area contributed by atoms with E-state index in [1.165, 1.54) is 11.3 Å². The molecule has 2 aromatic rings. The van der Waals surface area contributed by atoms with Gasteiger partial charge in [0.2, 0.25) is 5.82 Å². The highest BCUT2D eigenvalue weighted by atomic mass is 32.2. The third kappa shape index (κ3) is 2.19. The molecule has 0 saturated carbocycles. The van der Waals surface area contributed by atoms with Gasteiger partial charge in [-0.3, -0.25) is 0 Å². The summed E-state index contributed by atoms with van der Waals surface area (Å²) < 4.78 is 11.1. The summed E-state index contributed by atoms with van der Waals surface area (Å²) in [5.74, 6) is 3.15. The van der Waals surface area contributed by atoms with Crippen LogP contribution in [-0.4, -0.2) is 34.8 Å². The van der Waals surface area contributed by atoms with Crippen molar-refractivity contribution in [1.29, 1.82) is 0 Å². The molecule has 1 atom stereocenters. The second kappa shape index (κ2) is 5.10. The number of anilines is 1. The smallest absolute Gasteiger partial charge is 0.258 e. The molecular formula is C14H15N3O2S. The predicted octanol–water partition coefficient (Wildman–Crippen LogP) is 2.51. The van der Waals surface area contributed by atoms with Crippen molar-refractivity contribution in [3.05, 3.63) is 29.6 Å². The Bertz CT molecular complexity index is 623. The highest BCUT2D eigenvalue weighted by Gasteiger charge is 2.23. The Morgan fingerprint density at radius 1 is 1.35 bits per heavy atom. The second-order valence-corrected chi connectivity index (χ2v) is 6.09. The van der Waals surface area contributed by atoms with Gasteiger partial charge in [0.1, 0.15) is 6.10 Å². The average molecular weight is 289 g/mol. The lowest BCUT2D eigenvalue weighted by Crippen LogP contribution is -2.16. The zero-order valence-corrected chi connectivity index (χ0v) is 11.8. The summed E-state index contributed by atoms with van der Waals surface area (Å²) >= 11 is 1.86. The summed E-state index contributed by atoms with van der Waals surface area (Å²) in [5.41, 5.74) is 3.48. The normalized spacial score (nSPS) is 21.5. The van der Waals surface area contributed by atoms with E-state index < -0.39 is 0 Å². The van der Waals surface area contributed by atoms with Crippen LogP contribution in [0.3, 0.4) is 0 Å². The van der Waals surface area contributed by atoms with E-state index in [4.69, 9.17) is 9.26 Å². The number of nitrogens with one attached hydrogen (secondary N) is 1. The maximum absolute atomic E-state index is 5.67. The molecule has 3 heterocycles. The average Bonchev–Trinajstić information content (AvgIpc) is 3.16. The number of benzene rings is 1. The molecule has 0 amide bonds. The van der Waals surface area contributed by atoms with Gasteiger partial charge < -0.3 is 14.6 Å². The van der Waals surface area contributed by atoms with Crippen LogP contribution in [0.5, 0.6) is 0 Å². The zero-order chi connectivity index (χ0) is 13.4. The summed E-state index contributed by atoms with van der Waals surface area (Å²) in [7, 11) is 0. The monoisotopic (exact) mass is 289 g/mol. The van der Waals surface area contributed by atoms with E-state index in [-0.39, 0.29) is 6.10 Å². The first-order chi connectivity index (χ1) is 9.90. The first kappa shape index (κ1) is 12.2. The molecule has 0 aliphatic carbocycles. The molecule has 1 aromatic carbocycles. The lowest BCUT2D eigenvalue weighted by Gasteiger charge is -2.18. The van der Waals surface area contributed by atoms with Crippen molar-refractivity contribution >= 4 is 17.4 Å². The van der Waals surface area contributed by atoms with E-state index in [1.807, 2.05) is 17.8 Å². The molecule has 5 nitrogen and oxygen atoms in total. The Balaban J connectivity index is 1.61. The van der Waals surface area contributed by atoms with E-state index in [2.05, 4.69) is 27.6 Å². The molecule has 1 N–H and O–H groups in total. The fourth-order valence-corrected chi connectivity index (χ4v) is 3.38. The highest BCUT2D eigenvalue weighted by molar-refractivity contribution is 7.99. The van der Waals surface area contributed by atoms with E-state index in [0.29, 0.717) is 11.7 Å². The van der Waals surface area contributed by atoms with Gasteiger partial charge >= 0.3 is 0 Å². The van der Waals surface area contributed by atoms with Crippen molar-refractivity contribution in [1.82, 2.24) is 10.1 Å². The van der Waals surface area contributed by atoms with Gasteiger partial charge in [0.05, 0.1) is 6.61 Å². The zero-order valence-electron chi connectivity index (χ0n) is 11.0. The summed E-state index contributed by atoms with van der Waals surface area (Å²) in [6.07, 6.45) is 1.04. The standard InChI is InChI=1S/C14H15N3O2S/c1-2-10(7-11-9(1)3-4-15-11)14-16-13(17-19-14)12-8-20-6-5-18-12/h1-2,7,12,15H,3-6,8H2. The number of hydrogen-bond acceptors (Lipinski definition) is 6. The van der Waals surface area contributed by atoms with Gasteiger partial charge in [0.15, 0.2) is 0 Å². The fraction of sp³-hybridized carbons (Fsp3) is 0.429. The summed E-state index contributed by atoms with van der Waals surface area (Å²) in [5, 5.41) is 7.43. The highest BCUT2D eigenvalue weighted by Crippen LogP contribution is 2.30. The maximum atomic E-state index is 5.67. The summed E-state index contributed by atoms with van der Waals surface area (Å²) in [4.78, 5) is 4.49. The Morgan fingerprint density at radius 2 is 2.35 bits per heavy atom. The first-order valence-electron chi connectivity index (χ1n) is 6.80. The Hall–Kier alpha value is -1.53. The molecule has 1 saturated heterocycles. The van der Waals surface area contributed by atoms with Gasteiger partial charge in [0, 0.05) is 29.3 Å². The van der Waals surface area contributed by atoms with Crippen molar-refractivity contribution in [3.63, 3.8) is 0 Å². The lowest BCUT2D eigenvalue weighted by molar-refractivity contribution is 0.0677. The van der Waals surface area contributed by atoms with Crippen LogP contribution in [0.25, 0.3) is 11.5 Å².